The number of alkyl halides is 3. The molecular formula is C8H12Cl3NO2. The van der Waals surface area contributed by atoms with Gasteiger partial charge in [-0.2, -0.15) is 0 Å². The summed E-state index contributed by atoms with van der Waals surface area (Å²) in [4.78, 5) is 11.5. The minimum atomic E-state index is -1.73. The van der Waals surface area contributed by atoms with Crippen LogP contribution in [0, 0.1) is 5.92 Å². The normalized spacial score (nSPS) is 33.6. The number of rotatable bonds is 1. The average Bonchev–Trinajstić information content (AvgIpc) is 2.26. The highest BCUT2D eigenvalue weighted by molar-refractivity contribution is 6.68. The van der Waals surface area contributed by atoms with Crippen molar-refractivity contribution in [2.75, 3.05) is 0 Å². The van der Waals surface area contributed by atoms with E-state index in [-0.39, 0.29) is 11.8 Å². The number of hydrogen-bond acceptors (Lipinski definition) is 2. The Kier molecular flexibility index (Phi) is 3.27. The fourth-order valence-electron chi connectivity index (χ4n) is 1.13. The Bertz CT molecular complexity index is 251. The summed E-state index contributed by atoms with van der Waals surface area (Å²) in [6.07, 6.45) is -1.04. The van der Waals surface area contributed by atoms with Gasteiger partial charge in [0.15, 0.2) is 6.10 Å². The number of amides is 1. The van der Waals surface area contributed by atoms with E-state index < -0.39 is 15.6 Å². The van der Waals surface area contributed by atoms with E-state index in [1.54, 1.807) is 6.92 Å². The maximum atomic E-state index is 11.5. The van der Waals surface area contributed by atoms with Crippen molar-refractivity contribution in [3.05, 3.63) is 0 Å². The minimum Gasteiger partial charge on any atom is -0.338 e. The molecule has 0 aromatic rings. The molecule has 0 bridgehead atoms. The molecule has 82 valence electrons. The van der Waals surface area contributed by atoms with Crippen LogP contribution in [0.3, 0.4) is 0 Å². The third-order valence-electron chi connectivity index (χ3n) is 2.37. The molecule has 1 aliphatic rings. The van der Waals surface area contributed by atoms with Crippen LogP contribution in [-0.2, 0) is 9.53 Å². The van der Waals surface area contributed by atoms with Crippen molar-refractivity contribution >= 4 is 40.7 Å². The van der Waals surface area contributed by atoms with Crippen LogP contribution >= 0.6 is 34.8 Å². The highest BCUT2D eigenvalue weighted by Gasteiger charge is 2.52. The summed E-state index contributed by atoms with van der Waals surface area (Å²) >= 11 is 16.8. The van der Waals surface area contributed by atoms with E-state index in [1.165, 1.54) is 0 Å². The molecule has 0 aromatic carbocycles. The fraction of sp³-hybridized carbons (Fsp3) is 0.875. The van der Waals surface area contributed by atoms with Gasteiger partial charge in [0.05, 0.1) is 0 Å². The van der Waals surface area contributed by atoms with Crippen molar-refractivity contribution in [3.8, 4) is 0 Å². The molecule has 1 heterocycles. The number of carbonyl (C=O) groups is 1. The first-order chi connectivity index (χ1) is 6.17. The van der Waals surface area contributed by atoms with Gasteiger partial charge in [0, 0.05) is 5.92 Å². The standard InChI is InChI=1S/C8H12Cl3NO2/c1-4(2)7(3)12-6(13)5(14-7)8(9,10)11/h4-5H,1-3H3,(H,12,13)/t5-,7-/m0/s1. The maximum Gasteiger partial charge on any atom is 0.255 e. The second kappa shape index (κ2) is 3.71. The van der Waals surface area contributed by atoms with Crippen molar-refractivity contribution < 1.29 is 9.53 Å². The van der Waals surface area contributed by atoms with E-state index in [1.807, 2.05) is 13.8 Å². The minimum absolute atomic E-state index is 0.101. The van der Waals surface area contributed by atoms with Crippen LogP contribution in [-0.4, -0.2) is 21.5 Å². The average molecular weight is 261 g/mol. The summed E-state index contributed by atoms with van der Waals surface area (Å²) in [5.41, 5.74) is -0.758. The molecule has 6 heteroatoms. The van der Waals surface area contributed by atoms with E-state index >= 15 is 0 Å². The number of nitrogens with one attached hydrogen (secondary N) is 1. The summed E-state index contributed by atoms with van der Waals surface area (Å²) in [6, 6.07) is 0. The van der Waals surface area contributed by atoms with Gasteiger partial charge >= 0.3 is 0 Å². The van der Waals surface area contributed by atoms with Crippen LogP contribution < -0.4 is 5.32 Å². The van der Waals surface area contributed by atoms with Gasteiger partial charge in [0.2, 0.25) is 3.79 Å². The lowest BCUT2D eigenvalue weighted by molar-refractivity contribution is -0.124. The van der Waals surface area contributed by atoms with Gasteiger partial charge in [-0.15, -0.1) is 0 Å². The van der Waals surface area contributed by atoms with E-state index in [2.05, 4.69) is 5.32 Å². The highest BCUT2D eigenvalue weighted by Crippen LogP contribution is 2.39. The first-order valence-corrected chi connectivity index (χ1v) is 5.37. The molecule has 0 radical (unpaired) electrons. The second-order valence-electron chi connectivity index (χ2n) is 3.79. The molecule has 3 nitrogen and oxygen atoms in total. The first-order valence-electron chi connectivity index (χ1n) is 4.23. The van der Waals surface area contributed by atoms with Crippen LogP contribution in [0.4, 0.5) is 0 Å². The zero-order chi connectivity index (χ0) is 11.1. The van der Waals surface area contributed by atoms with Crippen LogP contribution in [0.5, 0.6) is 0 Å². The Hall–Kier alpha value is 0.300. The van der Waals surface area contributed by atoms with Crippen LogP contribution in [0.2, 0.25) is 0 Å². The molecule has 1 fully saturated rings. The van der Waals surface area contributed by atoms with Crippen LogP contribution in [0.1, 0.15) is 20.8 Å². The van der Waals surface area contributed by atoms with Crippen molar-refractivity contribution in [1.82, 2.24) is 5.32 Å². The Labute approximate surface area is 98.0 Å². The number of halogens is 3. The van der Waals surface area contributed by atoms with Gasteiger partial charge in [-0.3, -0.25) is 4.79 Å². The quantitative estimate of drug-likeness (QED) is 0.734. The van der Waals surface area contributed by atoms with E-state index in [0.29, 0.717) is 0 Å². The molecule has 2 atom stereocenters. The van der Waals surface area contributed by atoms with Crippen molar-refractivity contribution in [3.63, 3.8) is 0 Å². The first kappa shape index (κ1) is 12.4. The monoisotopic (exact) mass is 259 g/mol. The molecule has 0 spiro atoms. The van der Waals surface area contributed by atoms with Gasteiger partial charge in [0.25, 0.3) is 5.91 Å². The van der Waals surface area contributed by atoms with Gasteiger partial charge in [-0.05, 0) is 6.92 Å². The largest absolute Gasteiger partial charge is 0.338 e. The van der Waals surface area contributed by atoms with E-state index in [4.69, 9.17) is 39.5 Å². The summed E-state index contributed by atoms with van der Waals surface area (Å²) in [6.45, 7) is 5.59. The third-order valence-corrected chi connectivity index (χ3v) is 2.97. The molecule has 0 saturated carbocycles. The topological polar surface area (TPSA) is 38.3 Å². The van der Waals surface area contributed by atoms with Gasteiger partial charge in [-0.25, -0.2) is 0 Å². The van der Waals surface area contributed by atoms with Crippen LogP contribution in [0.25, 0.3) is 0 Å². The Morgan fingerprint density at radius 2 is 2.00 bits per heavy atom. The molecule has 0 aromatic heterocycles. The molecule has 0 unspecified atom stereocenters. The molecular weight excluding hydrogens is 248 g/mol. The zero-order valence-electron chi connectivity index (χ0n) is 8.11. The summed E-state index contributed by atoms with van der Waals surface area (Å²) in [5.74, 6) is -0.287. The zero-order valence-corrected chi connectivity index (χ0v) is 10.4. The smallest absolute Gasteiger partial charge is 0.255 e. The van der Waals surface area contributed by atoms with Crippen molar-refractivity contribution in [1.29, 1.82) is 0 Å². The fourth-order valence-corrected chi connectivity index (χ4v) is 1.56. The predicted molar refractivity (Wildman–Crippen MR) is 56.5 cm³/mol. The van der Waals surface area contributed by atoms with Crippen molar-refractivity contribution in [2.24, 2.45) is 5.92 Å². The van der Waals surface area contributed by atoms with Crippen molar-refractivity contribution in [2.45, 2.75) is 36.4 Å². The Balaban J connectivity index is 2.84. The molecule has 14 heavy (non-hydrogen) atoms. The third kappa shape index (κ3) is 2.27. The highest BCUT2D eigenvalue weighted by atomic mass is 35.6. The number of hydrogen-bond donors (Lipinski definition) is 1. The maximum absolute atomic E-state index is 11.5. The van der Waals surface area contributed by atoms with E-state index in [9.17, 15) is 4.79 Å². The number of ether oxygens (including phenoxy) is 1. The molecule has 0 aliphatic carbocycles. The summed E-state index contributed by atoms with van der Waals surface area (Å²) < 4.78 is 3.71. The predicted octanol–water partition coefficient (Wildman–Crippen LogP) is 2.24. The molecule has 1 aliphatic heterocycles. The molecule has 1 amide bonds. The van der Waals surface area contributed by atoms with E-state index in [0.717, 1.165) is 0 Å². The lowest BCUT2D eigenvalue weighted by Crippen LogP contribution is -2.44. The Morgan fingerprint density at radius 3 is 2.21 bits per heavy atom. The number of carbonyl (C=O) groups excluding carboxylic acids is 1. The lowest BCUT2D eigenvalue weighted by atomic mass is 10.0. The molecule has 1 saturated heterocycles. The summed E-state index contributed by atoms with van der Waals surface area (Å²) in [7, 11) is 0. The summed E-state index contributed by atoms with van der Waals surface area (Å²) in [5, 5.41) is 2.67. The Morgan fingerprint density at radius 1 is 1.50 bits per heavy atom. The van der Waals surface area contributed by atoms with Crippen LogP contribution in [0.15, 0.2) is 0 Å². The lowest BCUT2D eigenvalue weighted by Gasteiger charge is -2.28. The van der Waals surface area contributed by atoms with Gasteiger partial charge < -0.3 is 10.1 Å². The molecule has 1 rings (SSSR count). The second-order valence-corrected chi connectivity index (χ2v) is 6.16. The SMILES string of the molecule is CC(C)[C@@]1(C)NC(=O)[C@@H](C(Cl)(Cl)Cl)O1. The molecule has 1 N–H and O–H groups in total. The van der Waals surface area contributed by atoms with Gasteiger partial charge in [0.1, 0.15) is 5.72 Å². The van der Waals surface area contributed by atoms with Gasteiger partial charge in [-0.1, -0.05) is 48.7 Å².